The fourth-order valence-electron chi connectivity index (χ4n) is 3.81. The zero-order chi connectivity index (χ0) is 26.5. The number of fused-ring (bicyclic) bond motifs is 1. The SMILES string of the molecule is Cc1cc(N=Nc2ccc3cc(NOc4ccc(N)cc4)ccc3c2O)c(C)cc1N=Nc1ccccc1. The average molecular weight is 503 g/mol. The van der Waals surface area contributed by atoms with Crippen LogP contribution in [0.15, 0.2) is 118 Å². The Morgan fingerprint density at radius 1 is 0.684 bits per heavy atom. The number of anilines is 2. The fraction of sp³-hybridized carbons (Fsp3) is 0.0667. The van der Waals surface area contributed by atoms with Gasteiger partial charge >= 0.3 is 0 Å². The molecule has 0 saturated carbocycles. The second kappa shape index (κ2) is 10.8. The molecule has 0 aliphatic rings. The molecule has 0 bridgehead atoms. The van der Waals surface area contributed by atoms with Crippen LogP contribution in [0.3, 0.4) is 0 Å². The smallest absolute Gasteiger partial charge is 0.155 e. The molecule has 4 N–H and O–H groups in total. The lowest BCUT2D eigenvalue weighted by atomic mass is 10.1. The van der Waals surface area contributed by atoms with Crippen molar-refractivity contribution in [2.75, 3.05) is 11.2 Å². The van der Waals surface area contributed by atoms with Gasteiger partial charge in [0, 0.05) is 11.1 Å². The van der Waals surface area contributed by atoms with E-state index in [9.17, 15) is 5.11 Å². The molecule has 0 radical (unpaired) electrons. The average Bonchev–Trinajstić information content (AvgIpc) is 2.93. The molecule has 38 heavy (non-hydrogen) atoms. The molecule has 5 aromatic carbocycles. The van der Waals surface area contributed by atoms with E-state index in [4.69, 9.17) is 10.6 Å². The Labute approximate surface area is 220 Å². The molecule has 188 valence electrons. The molecule has 0 atom stereocenters. The van der Waals surface area contributed by atoms with Gasteiger partial charge in [-0.05, 0) is 103 Å². The highest BCUT2D eigenvalue weighted by atomic mass is 16.6. The van der Waals surface area contributed by atoms with Gasteiger partial charge in [0.2, 0.25) is 0 Å². The number of phenolic OH excluding ortho intramolecular Hbond substituents is 1. The standard InChI is InChI=1S/C30H26N6O2/c1-19-17-29(20(2)16-28(19)34-32-23-6-4-3-5-7-23)35-33-27-15-8-21-18-24(11-14-26(21)30(27)37)36-38-25-12-9-22(31)10-13-25/h3-18,36-37H,31H2,1-2H3. The van der Waals surface area contributed by atoms with Gasteiger partial charge in [0.25, 0.3) is 0 Å². The van der Waals surface area contributed by atoms with Crippen LogP contribution in [0.25, 0.3) is 10.8 Å². The van der Waals surface area contributed by atoms with E-state index < -0.39 is 0 Å². The van der Waals surface area contributed by atoms with Crippen molar-refractivity contribution in [2.45, 2.75) is 13.8 Å². The Bertz CT molecular complexity index is 1650. The van der Waals surface area contributed by atoms with Crippen molar-refractivity contribution >= 4 is 44.9 Å². The van der Waals surface area contributed by atoms with Crippen molar-refractivity contribution in [3.63, 3.8) is 0 Å². The van der Waals surface area contributed by atoms with Crippen molar-refractivity contribution in [1.82, 2.24) is 0 Å². The molecule has 8 nitrogen and oxygen atoms in total. The first kappa shape index (κ1) is 24.5. The quantitative estimate of drug-likeness (QED) is 0.117. The van der Waals surface area contributed by atoms with Crippen molar-refractivity contribution < 1.29 is 9.94 Å². The Morgan fingerprint density at radius 3 is 2.05 bits per heavy atom. The van der Waals surface area contributed by atoms with Gasteiger partial charge < -0.3 is 15.7 Å². The van der Waals surface area contributed by atoms with Crippen molar-refractivity contribution in [1.29, 1.82) is 0 Å². The van der Waals surface area contributed by atoms with E-state index in [1.165, 1.54) is 0 Å². The monoisotopic (exact) mass is 502 g/mol. The number of aromatic hydroxyl groups is 1. The van der Waals surface area contributed by atoms with Gasteiger partial charge in [-0.2, -0.15) is 15.3 Å². The second-order valence-electron chi connectivity index (χ2n) is 8.80. The third-order valence-electron chi connectivity index (χ3n) is 5.95. The number of benzene rings is 5. The van der Waals surface area contributed by atoms with Crippen LogP contribution >= 0.6 is 0 Å². The molecular formula is C30H26N6O2. The van der Waals surface area contributed by atoms with Crippen molar-refractivity contribution in [3.05, 3.63) is 108 Å². The van der Waals surface area contributed by atoms with Gasteiger partial charge in [-0.15, -0.1) is 5.11 Å². The van der Waals surface area contributed by atoms with Crippen LogP contribution < -0.4 is 16.1 Å². The Morgan fingerprint density at radius 2 is 1.34 bits per heavy atom. The van der Waals surface area contributed by atoms with Gasteiger partial charge in [-0.3, -0.25) is 0 Å². The number of phenols is 1. The summed E-state index contributed by atoms with van der Waals surface area (Å²) in [5.74, 6) is 0.690. The zero-order valence-corrected chi connectivity index (χ0v) is 21.0. The predicted octanol–water partition coefficient (Wildman–Crippen LogP) is 8.98. The Kier molecular flexibility index (Phi) is 6.95. The highest BCUT2D eigenvalue weighted by Crippen LogP contribution is 2.37. The number of nitrogens with zero attached hydrogens (tertiary/aromatic N) is 4. The number of hydrogen-bond acceptors (Lipinski definition) is 8. The summed E-state index contributed by atoms with van der Waals surface area (Å²) in [5, 5.41) is 29.7. The van der Waals surface area contributed by atoms with E-state index in [0.717, 1.165) is 33.6 Å². The number of nitrogens with two attached hydrogens (primary N) is 1. The summed E-state index contributed by atoms with van der Waals surface area (Å²) in [5.41, 5.74) is 14.5. The molecule has 0 amide bonds. The van der Waals surface area contributed by atoms with Crippen LogP contribution in [0.4, 0.5) is 34.1 Å². The molecule has 0 aliphatic carbocycles. The topological polar surface area (TPSA) is 117 Å². The lowest BCUT2D eigenvalue weighted by molar-refractivity contribution is 0.405. The number of aryl methyl sites for hydroxylation is 2. The van der Waals surface area contributed by atoms with E-state index in [1.54, 1.807) is 36.4 Å². The molecule has 0 saturated heterocycles. The molecule has 0 heterocycles. The Hall–Kier alpha value is -5.24. The first-order valence-electron chi connectivity index (χ1n) is 12.0. The van der Waals surface area contributed by atoms with E-state index >= 15 is 0 Å². The van der Waals surface area contributed by atoms with Crippen LogP contribution in [-0.2, 0) is 0 Å². The number of azo groups is 2. The lowest BCUT2D eigenvalue weighted by Crippen LogP contribution is -2.04. The maximum Gasteiger partial charge on any atom is 0.155 e. The molecular weight excluding hydrogens is 476 g/mol. The first-order chi connectivity index (χ1) is 18.5. The summed E-state index contributed by atoms with van der Waals surface area (Å²) in [6.45, 7) is 3.89. The number of nitrogen functional groups attached to an aromatic ring is 1. The highest BCUT2D eigenvalue weighted by molar-refractivity contribution is 5.94. The fourth-order valence-corrected chi connectivity index (χ4v) is 3.81. The normalized spacial score (nSPS) is 11.4. The van der Waals surface area contributed by atoms with E-state index in [0.29, 0.717) is 28.2 Å². The van der Waals surface area contributed by atoms with E-state index in [2.05, 4.69) is 25.9 Å². The van der Waals surface area contributed by atoms with E-state index in [-0.39, 0.29) is 5.75 Å². The molecule has 0 unspecified atom stereocenters. The van der Waals surface area contributed by atoms with Gasteiger partial charge in [-0.1, -0.05) is 24.3 Å². The van der Waals surface area contributed by atoms with Gasteiger partial charge in [-0.25, -0.2) is 5.48 Å². The van der Waals surface area contributed by atoms with Crippen LogP contribution in [0.2, 0.25) is 0 Å². The minimum absolute atomic E-state index is 0.0555. The molecule has 0 aliphatic heterocycles. The Balaban J connectivity index is 1.32. The maximum atomic E-state index is 10.9. The molecule has 5 aromatic rings. The summed E-state index contributed by atoms with van der Waals surface area (Å²) in [6, 6.07) is 29.6. The highest BCUT2D eigenvalue weighted by Gasteiger charge is 2.09. The van der Waals surface area contributed by atoms with E-state index in [1.807, 2.05) is 74.5 Å². The second-order valence-corrected chi connectivity index (χ2v) is 8.80. The minimum atomic E-state index is 0.0555. The van der Waals surface area contributed by atoms with Crippen LogP contribution in [0, 0.1) is 13.8 Å². The minimum Gasteiger partial charge on any atom is -0.505 e. The molecule has 0 aromatic heterocycles. The summed E-state index contributed by atoms with van der Waals surface area (Å²) >= 11 is 0. The summed E-state index contributed by atoms with van der Waals surface area (Å²) in [4.78, 5) is 5.59. The molecule has 5 rings (SSSR count). The molecule has 8 heteroatoms. The third kappa shape index (κ3) is 5.60. The largest absolute Gasteiger partial charge is 0.505 e. The molecule has 0 fully saturated rings. The van der Waals surface area contributed by atoms with Crippen LogP contribution in [-0.4, -0.2) is 5.11 Å². The third-order valence-corrected chi connectivity index (χ3v) is 5.95. The van der Waals surface area contributed by atoms with Crippen LogP contribution in [0.1, 0.15) is 11.1 Å². The predicted molar refractivity (Wildman–Crippen MR) is 151 cm³/mol. The summed E-state index contributed by atoms with van der Waals surface area (Å²) in [6.07, 6.45) is 0. The van der Waals surface area contributed by atoms with Crippen molar-refractivity contribution in [3.8, 4) is 11.5 Å². The van der Waals surface area contributed by atoms with Gasteiger partial charge in [0.05, 0.1) is 22.7 Å². The van der Waals surface area contributed by atoms with Gasteiger partial charge in [0.1, 0.15) is 5.69 Å². The number of hydrogen-bond donors (Lipinski definition) is 3. The van der Waals surface area contributed by atoms with Gasteiger partial charge in [0.15, 0.2) is 11.5 Å². The summed E-state index contributed by atoms with van der Waals surface area (Å²) < 4.78 is 0. The van der Waals surface area contributed by atoms with Crippen LogP contribution in [0.5, 0.6) is 11.5 Å². The first-order valence-corrected chi connectivity index (χ1v) is 12.0. The molecule has 0 spiro atoms. The summed E-state index contributed by atoms with van der Waals surface area (Å²) in [7, 11) is 0. The lowest BCUT2D eigenvalue weighted by Gasteiger charge is -2.10. The number of rotatable bonds is 7. The zero-order valence-electron chi connectivity index (χ0n) is 21.0. The number of nitrogens with one attached hydrogen (secondary N) is 1. The maximum absolute atomic E-state index is 10.9. The van der Waals surface area contributed by atoms with Crippen molar-refractivity contribution in [2.24, 2.45) is 20.5 Å².